The first-order valence-corrected chi connectivity index (χ1v) is 7.20. The Labute approximate surface area is 114 Å². The lowest BCUT2D eigenvalue weighted by Gasteiger charge is -2.24. The zero-order chi connectivity index (χ0) is 13.1. The van der Waals surface area contributed by atoms with Crippen LogP contribution >= 0.6 is 15.9 Å². The SMILES string of the molecule is OC(CC1CCCCC1)c1ccc(F)c(F)c1Br. The van der Waals surface area contributed by atoms with E-state index in [-0.39, 0.29) is 4.47 Å². The maximum atomic E-state index is 13.4. The van der Waals surface area contributed by atoms with E-state index in [0.29, 0.717) is 17.9 Å². The summed E-state index contributed by atoms with van der Waals surface area (Å²) in [6, 6.07) is 2.52. The monoisotopic (exact) mass is 318 g/mol. The Balaban J connectivity index is 2.08. The van der Waals surface area contributed by atoms with Crippen LogP contribution in [-0.4, -0.2) is 5.11 Å². The first-order chi connectivity index (χ1) is 8.59. The van der Waals surface area contributed by atoms with Gasteiger partial charge in [0.2, 0.25) is 0 Å². The van der Waals surface area contributed by atoms with E-state index in [0.717, 1.165) is 18.9 Å². The summed E-state index contributed by atoms with van der Waals surface area (Å²) in [5.74, 6) is -1.32. The smallest absolute Gasteiger partial charge is 0.173 e. The van der Waals surface area contributed by atoms with Crippen molar-refractivity contribution in [2.75, 3.05) is 0 Å². The standard InChI is InChI=1S/C14H17BrF2O/c15-13-10(6-7-11(16)14(13)17)12(18)8-9-4-2-1-3-5-9/h6-7,9,12,18H,1-5,8H2. The molecule has 2 rings (SSSR count). The van der Waals surface area contributed by atoms with Crippen molar-refractivity contribution in [3.8, 4) is 0 Å². The van der Waals surface area contributed by atoms with Gasteiger partial charge < -0.3 is 5.11 Å². The van der Waals surface area contributed by atoms with Crippen molar-refractivity contribution < 1.29 is 13.9 Å². The molecule has 1 aliphatic rings. The predicted octanol–water partition coefficient (Wildman–Crippen LogP) is 4.73. The molecule has 1 aromatic carbocycles. The molecular weight excluding hydrogens is 302 g/mol. The third kappa shape index (κ3) is 3.09. The molecule has 0 spiro atoms. The van der Waals surface area contributed by atoms with Gasteiger partial charge in [0.25, 0.3) is 0 Å². The molecule has 0 amide bonds. The largest absolute Gasteiger partial charge is 0.388 e. The second-order valence-electron chi connectivity index (χ2n) is 5.02. The van der Waals surface area contributed by atoms with E-state index in [1.54, 1.807) is 0 Å². The molecule has 1 aliphatic carbocycles. The average molecular weight is 319 g/mol. The van der Waals surface area contributed by atoms with Crippen LogP contribution in [0.1, 0.15) is 50.2 Å². The van der Waals surface area contributed by atoms with Crippen molar-refractivity contribution in [2.24, 2.45) is 5.92 Å². The zero-order valence-corrected chi connectivity index (χ0v) is 11.7. The molecule has 1 saturated carbocycles. The molecule has 1 fully saturated rings. The molecule has 1 nitrogen and oxygen atoms in total. The fourth-order valence-electron chi connectivity index (χ4n) is 2.66. The van der Waals surface area contributed by atoms with Gasteiger partial charge in [0.15, 0.2) is 11.6 Å². The normalized spacial score (nSPS) is 18.9. The van der Waals surface area contributed by atoms with Crippen molar-refractivity contribution in [3.63, 3.8) is 0 Å². The molecule has 1 aromatic rings. The molecular formula is C14H17BrF2O. The van der Waals surface area contributed by atoms with Crippen molar-refractivity contribution >= 4 is 15.9 Å². The number of rotatable bonds is 3. The first kappa shape index (κ1) is 13.9. The summed E-state index contributed by atoms with van der Waals surface area (Å²) in [5, 5.41) is 10.1. The molecule has 0 aromatic heterocycles. The van der Waals surface area contributed by atoms with Gasteiger partial charge in [-0.3, -0.25) is 0 Å². The summed E-state index contributed by atoms with van der Waals surface area (Å²) in [7, 11) is 0. The van der Waals surface area contributed by atoms with E-state index in [2.05, 4.69) is 15.9 Å². The summed E-state index contributed by atoms with van der Waals surface area (Å²) >= 11 is 3.02. The summed E-state index contributed by atoms with van der Waals surface area (Å²) in [6.07, 6.45) is 5.83. The highest BCUT2D eigenvalue weighted by Crippen LogP contribution is 2.35. The number of aliphatic hydroxyl groups excluding tert-OH is 1. The highest BCUT2D eigenvalue weighted by atomic mass is 79.9. The van der Waals surface area contributed by atoms with Crippen LogP contribution in [-0.2, 0) is 0 Å². The second-order valence-corrected chi connectivity index (χ2v) is 5.81. The van der Waals surface area contributed by atoms with Crippen LogP contribution in [0.2, 0.25) is 0 Å². The number of aliphatic hydroxyl groups is 1. The maximum Gasteiger partial charge on any atom is 0.173 e. The van der Waals surface area contributed by atoms with Gasteiger partial charge in [-0.05, 0) is 39.9 Å². The number of hydrogen-bond donors (Lipinski definition) is 1. The maximum absolute atomic E-state index is 13.4. The van der Waals surface area contributed by atoms with Gasteiger partial charge in [-0.15, -0.1) is 0 Å². The van der Waals surface area contributed by atoms with Crippen molar-refractivity contribution in [2.45, 2.75) is 44.6 Å². The van der Waals surface area contributed by atoms with Gasteiger partial charge in [0.05, 0.1) is 10.6 Å². The van der Waals surface area contributed by atoms with Crippen molar-refractivity contribution in [3.05, 3.63) is 33.8 Å². The lowest BCUT2D eigenvalue weighted by atomic mass is 9.84. The molecule has 4 heteroatoms. The Morgan fingerprint density at radius 3 is 2.56 bits per heavy atom. The number of halogens is 3. The van der Waals surface area contributed by atoms with Crippen molar-refractivity contribution in [1.82, 2.24) is 0 Å². The minimum absolute atomic E-state index is 0.0470. The first-order valence-electron chi connectivity index (χ1n) is 6.41. The van der Waals surface area contributed by atoms with Gasteiger partial charge in [0.1, 0.15) is 0 Å². The molecule has 1 unspecified atom stereocenters. The fraction of sp³-hybridized carbons (Fsp3) is 0.571. The third-order valence-electron chi connectivity index (χ3n) is 3.71. The van der Waals surface area contributed by atoms with Crippen LogP contribution in [0, 0.1) is 17.6 Å². The van der Waals surface area contributed by atoms with Crippen LogP contribution in [0.4, 0.5) is 8.78 Å². The zero-order valence-electron chi connectivity index (χ0n) is 10.1. The van der Waals surface area contributed by atoms with Gasteiger partial charge in [-0.2, -0.15) is 0 Å². The van der Waals surface area contributed by atoms with E-state index in [9.17, 15) is 13.9 Å². The van der Waals surface area contributed by atoms with Crippen molar-refractivity contribution in [1.29, 1.82) is 0 Å². The highest BCUT2D eigenvalue weighted by Gasteiger charge is 2.22. The Bertz CT molecular complexity index is 417. The van der Waals surface area contributed by atoms with Crippen LogP contribution in [0.5, 0.6) is 0 Å². The summed E-state index contributed by atoms with van der Waals surface area (Å²) in [4.78, 5) is 0. The molecule has 0 radical (unpaired) electrons. The Hall–Kier alpha value is -0.480. The van der Waals surface area contributed by atoms with Crippen LogP contribution in [0.15, 0.2) is 16.6 Å². The number of benzene rings is 1. The molecule has 0 bridgehead atoms. The van der Waals surface area contributed by atoms with Crippen LogP contribution in [0.3, 0.4) is 0 Å². The fourth-order valence-corrected chi connectivity index (χ4v) is 3.25. The molecule has 100 valence electrons. The molecule has 0 aliphatic heterocycles. The highest BCUT2D eigenvalue weighted by molar-refractivity contribution is 9.10. The molecule has 1 atom stereocenters. The van der Waals surface area contributed by atoms with Gasteiger partial charge in [-0.1, -0.05) is 38.2 Å². The van der Waals surface area contributed by atoms with Gasteiger partial charge >= 0.3 is 0 Å². The van der Waals surface area contributed by atoms with Crippen LogP contribution < -0.4 is 0 Å². The van der Waals surface area contributed by atoms with Gasteiger partial charge in [-0.25, -0.2) is 8.78 Å². The molecule has 0 saturated heterocycles. The molecule has 18 heavy (non-hydrogen) atoms. The summed E-state index contributed by atoms with van der Waals surface area (Å²) < 4.78 is 26.4. The lowest BCUT2D eigenvalue weighted by Crippen LogP contribution is -2.12. The average Bonchev–Trinajstić information content (AvgIpc) is 2.37. The van der Waals surface area contributed by atoms with E-state index in [1.165, 1.54) is 25.3 Å². The lowest BCUT2D eigenvalue weighted by molar-refractivity contribution is 0.130. The van der Waals surface area contributed by atoms with Crippen LogP contribution in [0.25, 0.3) is 0 Å². The molecule has 1 N–H and O–H groups in total. The Kier molecular flexibility index (Phi) is 4.73. The third-order valence-corrected chi connectivity index (χ3v) is 4.51. The Morgan fingerprint density at radius 2 is 1.89 bits per heavy atom. The summed E-state index contributed by atoms with van der Waals surface area (Å²) in [5.41, 5.74) is 0.444. The van der Waals surface area contributed by atoms with E-state index in [4.69, 9.17) is 0 Å². The minimum atomic E-state index is -0.921. The predicted molar refractivity (Wildman–Crippen MR) is 70.2 cm³/mol. The van der Waals surface area contributed by atoms with E-state index in [1.807, 2.05) is 0 Å². The Morgan fingerprint density at radius 1 is 1.22 bits per heavy atom. The second kappa shape index (κ2) is 6.11. The van der Waals surface area contributed by atoms with Gasteiger partial charge in [0, 0.05) is 0 Å². The number of hydrogen-bond acceptors (Lipinski definition) is 1. The summed E-state index contributed by atoms with van der Waals surface area (Å²) in [6.45, 7) is 0. The van der Waals surface area contributed by atoms with E-state index < -0.39 is 17.7 Å². The molecule has 0 heterocycles. The quantitative estimate of drug-likeness (QED) is 0.799. The minimum Gasteiger partial charge on any atom is -0.388 e. The van der Waals surface area contributed by atoms with E-state index >= 15 is 0 Å². The topological polar surface area (TPSA) is 20.2 Å².